The first-order chi connectivity index (χ1) is 8.35. The maximum absolute atomic E-state index is 5.72. The van der Waals surface area contributed by atoms with Crippen LogP contribution in [0, 0.1) is 5.92 Å². The van der Waals surface area contributed by atoms with Crippen molar-refractivity contribution in [2.75, 3.05) is 20.2 Å². The van der Waals surface area contributed by atoms with Crippen molar-refractivity contribution in [3.63, 3.8) is 0 Å². The summed E-state index contributed by atoms with van der Waals surface area (Å²) in [5.41, 5.74) is 2.73. The molecule has 1 atom stereocenters. The van der Waals surface area contributed by atoms with Crippen molar-refractivity contribution in [1.82, 2.24) is 5.32 Å². The van der Waals surface area contributed by atoms with E-state index in [1.165, 1.54) is 24.0 Å². The lowest BCUT2D eigenvalue weighted by molar-refractivity contribution is 0.0383. The van der Waals surface area contributed by atoms with Gasteiger partial charge in [-0.25, -0.2) is 0 Å². The number of methoxy groups -OCH3 is 1. The zero-order valence-electron chi connectivity index (χ0n) is 10.9. The number of nitrogens with one attached hydrogen (secondary N) is 1. The van der Waals surface area contributed by atoms with Crippen molar-refractivity contribution >= 4 is 0 Å². The topological polar surface area (TPSA) is 21.3 Å². The van der Waals surface area contributed by atoms with Crippen molar-refractivity contribution in [2.45, 2.75) is 32.3 Å². The number of piperidine rings is 1. The maximum Gasteiger partial charge on any atom is 0.0850 e. The Balaban J connectivity index is 2.10. The summed E-state index contributed by atoms with van der Waals surface area (Å²) in [7, 11) is 1.83. The largest absolute Gasteiger partial charge is 0.376 e. The highest BCUT2D eigenvalue weighted by Gasteiger charge is 2.24. The molecule has 2 nitrogen and oxygen atoms in total. The Bertz CT molecular complexity index is 327. The van der Waals surface area contributed by atoms with Gasteiger partial charge in [0.05, 0.1) is 6.10 Å². The molecule has 0 amide bonds. The van der Waals surface area contributed by atoms with E-state index in [9.17, 15) is 0 Å². The SMILES string of the molecule is CCc1ccc(C(OC)C2CCNCC2)cc1. The van der Waals surface area contributed by atoms with E-state index in [4.69, 9.17) is 4.74 Å². The molecule has 94 valence electrons. The maximum atomic E-state index is 5.72. The molecular formula is C15H23NO. The first-order valence-corrected chi connectivity index (χ1v) is 6.67. The van der Waals surface area contributed by atoms with Gasteiger partial charge in [-0.15, -0.1) is 0 Å². The molecule has 1 N–H and O–H groups in total. The van der Waals surface area contributed by atoms with E-state index in [2.05, 4.69) is 36.5 Å². The van der Waals surface area contributed by atoms with Crippen LogP contribution in [-0.2, 0) is 11.2 Å². The summed E-state index contributed by atoms with van der Waals surface area (Å²) >= 11 is 0. The van der Waals surface area contributed by atoms with Gasteiger partial charge in [-0.05, 0) is 49.4 Å². The molecular weight excluding hydrogens is 210 g/mol. The fraction of sp³-hybridized carbons (Fsp3) is 0.600. The zero-order chi connectivity index (χ0) is 12.1. The van der Waals surface area contributed by atoms with Gasteiger partial charge in [0.15, 0.2) is 0 Å². The highest BCUT2D eigenvalue weighted by molar-refractivity contribution is 5.24. The lowest BCUT2D eigenvalue weighted by Gasteiger charge is -2.30. The van der Waals surface area contributed by atoms with Crippen LogP contribution in [0.3, 0.4) is 0 Å². The molecule has 1 heterocycles. The van der Waals surface area contributed by atoms with Gasteiger partial charge in [0.2, 0.25) is 0 Å². The lowest BCUT2D eigenvalue weighted by atomic mass is 9.87. The van der Waals surface area contributed by atoms with E-state index >= 15 is 0 Å². The Kier molecular flexibility index (Phi) is 4.57. The molecule has 17 heavy (non-hydrogen) atoms. The molecule has 1 aliphatic rings. The Morgan fingerprint density at radius 2 is 1.88 bits per heavy atom. The molecule has 2 rings (SSSR count). The van der Waals surface area contributed by atoms with Gasteiger partial charge in [0.1, 0.15) is 0 Å². The van der Waals surface area contributed by atoms with Crippen molar-refractivity contribution < 1.29 is 4.74 Å². The molecule has 0 aliphatic carbocycles. The van der Waals surface area contributed by atoms with Gasteiger partial charge in [-0.1, -0.05) is 31.2 Å². The molecule has 1 aromatic carbocycles. The summed E-state index contributed by atoms with van der Waals surface area (Å²) in [6, 6.07) is 8.91. The molecule has 0 saturated carbocycles. The van der Waals surface area contributed by atoms with E-state index in [0.717, 1.165) is 19.5 Å². The summed E-state index contributed by atoms with van der Waals surface area (Å²) in [5, 5.41) is 3.41. The second-order valence-corrected chi connectivity index (χ2v) is 4.84. The minimum Gasteiger partial charge on any atom is -0.376 e. The Morgan fingerprint density at radius 1 is 1.24 bits per heavy atom. The number of rotatable bonds is 4. The van der Waals surface area contributed by atoms with Gasteiger partial charge in [-0.2, -0.15) is 0 Å². The van der Waals surface area contributed by atoms with E-state index in [-0.39, 0.29) is 6.10 Å². The van der Waals surface area contributed by atoms with Crippen molar-refractivity contribution in [3.05, 3.63) is 35.4 Å². The quantitative estimate of drug-likeness (QED) is 0.863. The normalized spacial score (nSPS) is 19.2. The number of aryl methyl sites for hydroxylation is 1. The minimum atomic E-state index is 0.267. The van der Waals surface area contributed by atoms with Crippen LogP contribution < -0.4 is 5.32 Å². The van der Waals surface area contributed by atoms with Crippen LogP contribution in [0.2, 0.25) is 0 Å². The average Bonchev–Trinajstić information content (AvgIpc) is 2.42. The highest BCUT2D eigenvalue weighted by atomic mass is 16.5. The third-order valence-electron chi connectivity index (χ3n) is 3.78. The van der Waals surface area contributed by atoms with Crippen LogP contribution >= 0.6 is 0 Å². The fourth-order valence-electron chi connectivity index (χ4n) is 2.69. The number of hydrogen-bond donors (Lipinski definition) is 1. The molecule has 0 radical (unpaired) electrons. The predicted molar refractivity (Wildman–Crippen MR) is 71.2 cm³/mol. The summed E-state index contributed by atoms with van der Waals surface area (Å²) in [5.74, 6) is 0.661. The Hall–Kier alpha value is -0.860. The second kappa shape index (κ2) is 6.18. The molecule has 0 bridgehead atoms. The van der Waals surface area contributed by atoms with E-state index < -0.39 is 0 Å². The van der Waals surface area contributed by atoms with Crippen LogP contribution in [0.1, 0.15) is 37.0 Å². The zero-order valence-corrected chi connectivity index (χ0v) is 10.9. The lowest BCUT2D eigenvalue weighted by Crippen LogP contribution is -2.31. The van der Waals surface area contributed by atoms with E-state index in [0.29, 0.717) is 5.92 Å². The van der Waals surface area contributed by atoms with Gasteiger partial charge < -0.3 is 10.1 Å². The fourth-order valence-corrected chi connectivity index (χ4v) is 2.69. The first-order valence-electron chi connectivity index (χ1n) is 6.67. The molecule has 2 heteroatoms. The molecule has 0 spiro atoms. The Morgan fingerprint density at radius 3 is 2.41 bits per heavy atom. The monoisotopic (exact) mass is 233 g/mol. The van der Waals surface area contributed by atoms with Crippen LogP contribution in [0.4, 0.5) is 0 Å². The number of hydrogen-bond acceptors (Lipinski definition) is 2. The van der Waals surface area contributed by atoms with Crippen molar-refractivity contribution in [2.24, 2.45) is 5.92 Å². The van der Waals surface area contributed by atoms with E-state index in [1.807, 2.05) is 7.11 Å². The molecule has 1 aromatic rings. The summed E-state index contributed by atoms with van der Waals surface area (Å²) in [6.07, 6.45) is 3.80. The smallest absolute Gasteiger partial charge is 0.0850 e. The number of benzene rings is 1. The second-order valence-electron chi connectivity index (χ2n) is 4.84. The third-order valence-corrected chi connectivity index (χ3v) is 3.78. The van der Waals surface area contributed by atoms with Gasteiger partial charge in [-0.3, -0.25) is 0 Å². The van der Waals surface area contributed by atoms with Crippen LogP contribution in [0.5, 0.6) is 0 Å². The third kappa shape index (κ3) is 3.08. The molecule has 0 aromatic heterocycles. The van der Waals surface area contributed by atoms with Gasteiger partial charge in [0, 0.05) is 7.11 Å². The van der Waals surface area contributed by atoms with Gasteiger partial charge >= 0.3 is 0 Å². The molecule has 1 unspecified atom stereocenters. The Labute approximate surface area is 104 Å². The van der Waals surface area contributed by atoms with Crippen LogP contribution in [0.15, 0.2) is 24.3 Å². The van der Waals surface area contributed by atoms with Crippen molar-refractivity contribution in [1.29, 1.82) is 0 Å². The molecule has 1 fully saturated rings. The van der Waals surface area contributed by atoms with E-state index in [1.54, 1.807) is 0 Å². The van der Waals surface area contributed by atoms with Gasteiger partial charge in [0.25, 0.3) is 0 Å². The summed E-state index contributed by atoms with van der Waals surface area (Å²) in [6.45, 7) is 4.44. The minimum absolute atomic E-state index is 0.267. The average molecular weight is 233 g/mol. The summed E-state index contributed by atoms with van der Waals surface area (Å²) in [4.78, 5) is 0. The number of ether oxygens (including phenoxy) is 1. The predicted octanol–water partition coefficient (Wildman–Crippen LogP) is 2.94. The highest BCUT2D eigenvalue weighted by Crippen LogP contribution is 2.31. The summed E-state index contributed by atoms with van der Waals surface area (Å²) < 4.78 is 5.72. The standard InChI is InChI=1S/C15H23NO/c1-3-12-4-6-13(7-5-12)15(17-2)14-8-10-16-11-9-14/h4-7,14-16H,3,8-11H2,1-2H3. The molecule has 1 aliphatic heterocycles. The van der Waals surface area contributed by atoms with Crippen LogP contribution in [0.25, 0.3) is 0 Å². The molecule has 1 saturated heterocycles. The van der Waals surface area contributed by atoms with Crippen LogP contribution in [-0.4, -0.2) is 20.2 Å². The first kappa shape index (κ1) is 12.6. The van der Waals surface area contributed by atoms with Crippen molar-refractivity contribution in [3.8, 4) is 0 Å².